The number of nitrogens with zero attached hydrogens (tertiary/aromatic N) is 1. The van der Waals surface area contributed by atoms with Crippen LogP contribution in [0.4, 0.5) is 0 Å². The lowest BCUT2D eigenvalue weighted by molar-refractivity contribution is -0.141. The van der Waals surface area contributed by atoms with Gasteiger partial charge in [0.2, 0.25) is 18.6 Å². The highest BCUT2D eigenvalue weighted by atomic mass is 35.5. The van der Waals surface area contributed by atoms with E-state index in [9.17, 15) is 9.59 Å². The number of aryl methyl sites for hydroxylation is 1. The molecular weight excluding hydrogens is 499 g/mol. The van der Waals surface area contributed by atoms with E-state index in [1.807, 2.05) is 55.5 Å². The zero-order valence-corrected chi connectivity index (χ0v) is 21.5. The van der Waals surface area contributed by atoms with Gasteiger partial charge >= 0.3 is 0 Å². The zero-order valence-electron chi connectivity index (χ0n) is 20.0. The van der Waals surface area contributed by atoms with Gasteiger partial charge in [-0.15, -0.1) is 0 Å². The molecule has 0 radical (unpaired) electrons. The minimum absolute atomic E-state index is 0.147. The van der Waals surface area contributed by atoms with Crippen LogP contribution < -0.4 is 14.8 Å². The van der Waals surface area contributed by atoms with Crippen molar-refractivity contribution in [2.45, 2.75) is 38.8 Å². The third-order valence-corrected chi connectivity index (χ3v) is 6.63. The van der Waals surface area contributed by atoms with Crippen LogP contribution in [0.5, 0.6) is 11.5 Å². The lowest BCUT2D eigenvalue weighted by Crippen LogP contribution is -2.50. The summed E-state index contributed by atoms with van der Waals surface area (Å²) in [5, 5.41) is 3.85. The first-order chi connectivity index (χ1) is 17.4. The number of rotatable bonds is 10. The maximum Gasteiger partial charge on any atom is 0.243 e. The second-order valence-electron chi connectivity index (χ2n) is 8.55. The van der Waals surface area contributed by atoms with Gasteiger partial charge in [0, 0.05) is 36.0 Å². The highest BCUT2D eigenvalue weighted by molar-refractivity contribution is 6.35. The predicted molar refractivity (Wildman–Crippen MR) is 141 cm³/mol. The largest absolute Gasteiger partial charge is 0.454 e. The number of fused-ring (bicyclic) bond motifs is 1. The molecule has 0 saturated heterocycles. The Morgan fingerprint density at radius 1 is 0.972 bits per heavy atom. The van der Waals surface area contributed by atoms with Crippen LogP contribution in [0.25, 0.3) is 0 Å². The van der Waals surface area contributed by atoms with Crippen molar-refractivity contribution >= 4 is 35.0 Å². The van der Waals surface area contributed by atoms with Crippen molar-refractivity contribution in [2.24, 2.45) is 0 Å². The average Bonchev–Trinajstić information content (AvgIpc) is 3.34. The summed E-state index contributed by atoms with van der Waals surface area (Å²) in [5.74, 6) is 1.02. The van der Waals surface area contributed by atoms with Gasteiger partial charge in [-0.25, -0.2) is 0 Å². The first-order valence-corrected chi connectivity index (χ1v) is 12.6. The summed E-state index contributed by atoms with van der Waals surface area (Å²) in [4.78, 5) is 28.6. The smallest absolute Gasteiger partial charge is 0.243 e. The molecule has 0 saturated carbocycles. The Morgan fingerprint density at radius 2 is 1.75 bits per heavy atom. The molecule has 4 rings (SSSR count). The second kappa shape index (κ2) is 12.2. The van der Waals surface area contributed by atoms with Crippen molar-refractivity contribution in [3.05, 3.63) is 93.5 Å². The maximum atomic E-state index is 13.7. The number of likely N-dealkylation sites (N-methyl/N-ethyl adjacent to an activating group) is 1. The Balaban J connectivity index is 1.60. The number of amides is 2. The first-order valence-electron chi connectivity index (χ1n) is 11.9. The molecule has 2 amide bonds. The van der Waals surface area contributed by atoms with E-state index in [0.29, 0.717) is 40.9 Å². The van der Waals surface area contributed by atoms with Gasteiger partial charge < -0.3 is 19.7 Å². The molecule has 3 aromatic rings. The normalized spacial score (nSPS) is 12.8. The van der Waals surface area contributed by atoms with E-state index in [2.05, 4.69) is 5.32 Å². The van der Waals surface area contributed by atoms with E-state index in [0.717, 1.165) is 16.7 Å². The van der Waals surface area contributed by atoms with Gasteiger partial charge in [-0.3, -0.25) is 9.59 Å². The molecule has 0 spiro atoms. The summed E-state index contributed by atoms with van der Waals surface area (Å²) in [6, 6.07) is 19.8. The van der Waals surface area contributed by atoms with E-state index >= 15 is 0 Å². The summed E-state index contributed by atoms with van der Waals surface area (Å²) >= 11 is 12.5. The van der Waals surface area contributed by atoms with E-state index < -0.39 is 6.04 Å². The number of ether oxygens (including phenoxy) is 2. The summed E-state index contributed by atoms with van der Waals surface area (Å²) in [6.07, 6.45) is 1.09. The number of hydrogen-bond donors (Lipinski definition) is 1. The molecule has 1 aliphatic heterocycles. The number of nitrogens with one attached hydrogen (secondary N) is 1. The van der Waals surface area contributed by atoms with Crippen LogP contribution >= 0.6 is 23.2 Å². The minimum Gasteiger partial charge on any atom is -0.454 e. The van der Waals surface area contributed by atoms with Gasteiger partial charge in [0.05, 0.1) is 0 Å². The summed E-state index contributed by atoms with van der Waals surface area (Å²) in [5.41, 5.74) is 2.64. The number of carbonyl (C=O) groups is 2. The Hall–Kier alpha value is -3.22. The third-order valence-electron chi connectivity index (χ3n) is 6.04. The summed E-state index contributed by atoms with van der Waals surface area (Å²) in [6.45, 7) is 2.70. The topological polar surface area (TPSA) is 67.9 Å². The molecule has 0 aromatic heterocycles. The molecule has 0 aliphatic carbocycles. The molecule has 36 heavy (non-hydrogen) atoms. The quantitative estimate of drug-likeness (QED) is 0.382. The van der Waals surface area contributed by atoms with Gasteiger partial charge in [-0.2, -0.15) is 0 Å². The van der Waals surface area contributed by atoms with Crippen LogP contribution in [0.2, 0.25) is 10.0 Å². The Bertz CT molecular complexity index is 1220. The molecule has 1 heterocycles. The molecule has 188 valence electrons. The molecule has 1 N–H and O–H groups in total. The van der Waals surface area contributed by atoms with Crippen molar-refractivity contribution in [3.8, 4) is 11.5 Å². The second-order valence-corrected chi connectivity index (χ2v) is 9.39. The van der Waals surface area contributed by atoms with Gasteiger partial charge in [0.1, 0.15) is 6.04 Å². The maximum absolute atomic E-state index is 13.7. The Morgan fingerprint density at radius 3 is 2.50 bits per heavy atom. The molecule has 1 atom stereocenters. The van der Waals surface area contributed by atoms with Gasteiger partial charge in [0.25, 0.3) is 0 Å². The standard InChI is InChI=1S/C28H28Cl2N2O4/c1-2-31-28(34)24(14-19-6-4-3-5-7-19)32(17-21-10-11-22(29)16-23(21)30)27(33)13-9-20-8-12-25-26(15-20)36-18-35-25/h3-8,10-12,15-16,24H,2,9,13-14,17-18H2,1H3,(H,31,34)/t24-/m0/s1. The number of benzene rings is 3. The van der Waals surface area contributed by atoms with E-state index in [-0.39, 0.29) is 31.6 Å². The summed E-state index contributed by atoms with van der Waals surface area (Å²) < 4.78 is 10.8. The molecule has 0 unspecified atom stereocenters. The zero-order chi connectivity index (χ0) is 25.5. The average molecular weight is 527 g/mol. The number of halogens is 2. The molecule has 3 aromatic carbocycles. The van der Waals surface area contributed by atoms with Crippen LogP contribution in [-0.2, 0) is 29.0 Å². The Kier molecular flexibility index (Phi) is 8.73. The fourth-order valence-electron chi connectivity index (χ4n) is 4.17. The molecule has 0 fully saturated rings. The monoisotopic (exact) mass is 526 g/mol. The summed E-state index contributed by atoms with van der Waals surface area (Å²) in [7, 11) is 0. The Labute approximate surface area is 221 Å². The molecule has 6 nitrogen and oxygen atoms in total. The van der Waals surface area contributed by atoms with Crippen LogP contribution in [0, 0.1) is 0 Å². The van der Waals surface area contributed by atoms with E-state index in [1.54, 1.807) is 23.1 Å². The van der Waals surface area contributed by atoms with Crippen molar-refractivity contribution < 1.29 is 19.1 Å². The van der Waals surface area contributed by atoms with Crippen LogP contribution in [-0.4, -0.2) is 36.1 Å². The number of carbonyl (C=O) groups excluding carboxylic acids is 2. The molecule has 0 bridgehead atoms. The van der Waals surface area contributed by atoms with E-state index in [4.69, 9.17) is 32.7 Å². The fourth-order valence-corrected chi connectivity index (χ4v) is 4.64. The molecule has 1 aliphatic rings. The lowest BCUT2D eigenvalue weighted by atomic mass is 10.0. The highest BCUT2D eigenvalue weighted by Gasteiger charge is 2.30. The van der Waals surface area contributed by atoms with Crippen LogP contribution in [0.15, 0.2) is 66.7 Å². The molecular formula is C28H28Cl2N2O4. The number of hydrogen-bond acceptors (Lipinski definition) is 4. The van der Waals surface area contributed by atoms with Crippen LogP contribution in [0.1, 0.15) is 30.0 Å². The van der Waals surface area contributed by atoms with E-state index in [1.165, 1.54) is 0 Å². The lowest BCUT2D eigenvalue weighted by Gasteiger charge is -2.32. The van der Waals surface area contributed by atoms with Crippen molar-refractivity contribution in [1.29, 1.82) is 0 Å². The fraction of sp³-hybridized carbons (Fsp3) is 0.286. The van der Waals surface area contributed by atoms with Gasteiger partial charge in [0.15, 0.2) is 11.5 Å². The predicted octanol–water partition coefficient (Wildman–Crippen LogP) is 5.43. The third kappa shape index (κ3) is 6.50. The van der Waals surface area contributed by atoms with Crippen molar-refractivity contribution in [1.82, 2.24) is 10.2 Å². The molecule has 8 heteroatoms. The highest BCUT2D eigenvalue weighted by Crippen LogP contribution is 2.33. The van der Waals surface area contributed by atoms with Crippen LogP contribution in [0.3, 0.4) is 0 Å². The minimum atomic E-state index is -0.705. The van der Waals surface area contributed by atoms with Crippen molar-refractivity contribution in [2.75, 3.05) is 13.3 Å². The van der Waals surface area contributed by atoms with Crippen molar-refractivity contribution in [3.63, 3.8) is 0 Å². The first kappa shape index (κ1) is 25.9. The SMILES string of the molecule is CCNC(=O)[C@H](Cc1ccccc1)N(Cc1ccc(Cl)cc1Cl)C(=O)CCc1ccc2c(c1)OCO2. The van der Waals surface area contributed by atoms with Gasteiger partial charge in [-0.05, 0) is 54.3 Å². The van der Waals surface area contributed by atoms with Gasteiger partial charge in [-0.1, -0.05) is 65.7 Å².